The van der Waals surface area contributed by atoms with Gasteiger partial charge in [0.2, 0.25) is 0 Å². The topological polar surface area (TPSA) is 54.8 Å². The van der Waals surface area contributed by atoms with Gasteiger partial charge < -0.3 is 10.6 Å². The number of para-hydroxylation sites is 1. The zero-order valence-corrected chi connectivity index (χ0v) is 16.7. The third-order valence-electron chi connectivity index (χ3n) is 5.95. The van der Waals surface area contributed by atoms with Crippen molar-refractivity contribution in [2.24, 2.45) is 5.41 Å². The van der Waals surface area contributed by atoms with Crippen LogP contribution in [0, 0.1) is 5.41 Å². The van der Waals surface area contributed by atoms with E-state index in [-0.39, 0.29) is 24.8 Å². The van der Waals surface area contributed by atoms with Crippen LogP contribution in [0.5, 0.6) is 0 Å². The Hall–Kier alpha value is -1.14. The van der Waals surface area contributed by atoms with E-state index in [9.17, 15) is 0 Å². The van der Waals surface area contributed by atoms with Crippen LogP contribution in [0.25, 0.3) is 5.69 Å². The molecule has 7 heteroatoms. The Morgan fingerprint density at radius 3 is 2.50 bits per heavy atom. The average Bonchev–Trinajstić information content (AvgIpc) is 3.17. The molecule has 0 radical (unpaired) electrons. The maximum absolute atomic E-state index is 4.27. The summed E-state index contributed by atoms with van der Waals surface area (Å²) < 4.78 is 1.85. The van der Waals surface area contributed by atoms with Crippen LogP contribution in [0.2, 0.25) is 0 Å². The van der Waals surface area contributed by atoms with E-state index in [0.717, 1.165) is 12.2 Å². The molecule has 1 aromatic heterocycles. The van der Waals surface area contributed by atoms with Gasteiger partial charge in [-0.15, -0.1) is 24.8 Å². The lowest BCUT2D eigenvalue weighted by atomic mass is 9.67. The number of nitrogens with zero attached hydrogens (tertiary/aromatic N) is 3. The molecular weight excluding hydrogens is 369 g/mol. The quantitative estimate of drug-likeness (QED) is 0.828. The zero-order chi connectivity index (χ0) is 16.2. The molecule has 1 spiro atoms. The lowest BCUT2D eigenvalue weighted by Crippen LogP contribution is -2.43. The molecule has 0 amide bonds. The first-order valence-corrected chi connectivity index (χ1v) is 9.22. The molecule has 1 aliphatic heterocycles. The van der Waals surface area contributed by atoms with E-state index in [1.165, 1.54) is 57.2 Å². The van der Waals surface area contributed by atoms with Crippen molar-refractivity contribution in [3.05, 3.63) is 42.5 Å². The van der Waals surface area contributed by atoms with Crippen molar-refractivity contribution in [3.63, 3.8) is 0 Å². The Bertz CT molecular complexity index is 646. The summed E-state index contributed by atoms with van der Waals surface area (Å²) in [6, 6.07) is 9.09. The number of rotatable bonds is 4. The highest BCUT2D eigenvalue weighted by atomic mass is 35.5. The van der Waals surface area contributed by atoms with E-state index < -0.39 is 0 Å². The van der Waals surface area contributed by atoms with Gasteiger partial charge in [0.25, 0.3) is 0 Å². The predicted octanol–water partition coefficient (Wildman–Crippen LogP) is 3.51. The third-order valence-corrected chi connectivity index (χ3v) is 5.95. The molecule has 0 bridgehead atoms. The molecule has 5 nitrogen and oxygen atoms in total. The molecule has 1 saturated heterocycles. The summed E-state index contributed by atoms with van der Waals surface area (Å²) in [5, 5.41) is 11.6. The Morgan fingerprint density at radius 2 is 1.81 bits per heavy atom. The third kappa shape index (κ3) is 4.77. The van der Waals surface area contributed by atoms with E-state index in [0.29, 0.717) is 11.5 Å². The standard InChI is InChI=1S/C19H27N5.2ClH/c1-2-4-18(24-15-21-14-23-24)16(3-1)13-22-17-5-7-19(8-6-17)9-11-20-12-10-19;;/h1-4,14-15,17,20,22H,5-13H2;2*1H. The number of hydrogen-bond acceptors (Lipinski definition) is 4. The minimum atomic E-state index is 0. The van der Waals surface area contributed by atoms with Crippen LogP contribution in [0.1, 0.15) is 44.1 Å². The highest BCUT2D eigenvalue weighted by Gasteiger charge is 2.35. The molecule has 4 rings (SSSR count). The van der Waals surface area contributed by atoms with Crippen molar-refractivity contribution in [2.45, 2.75) is 51.1 Å². The molecule has 0 unspecified atom stereocenters. The van der Waals surface area contributed by atoms with E-state index in [1.54, 1.807) is 12.7 Å². The molecule has 1 saturated carbocycles. The van der Waals surface area contributed by atoms with Crippen molar-refractivity contribution in [2.75, 3.05) is 13.1 Å². The molecule has 2 heterocycles. The first-order valence-electron chi connectivity index (χ1n) is 9.22. The monoisotopic (exact) mass is 397 g/mol. The highest BCUT2D eigenvalue weighted by molar-refractivity contribution is 5.85. The van der Waals surface area contributed by atoms with Gasteiger partial charge in [-0.05, 0) is 68.7 Å². The maximum atomic E-state index is 4.27. The Balaban J connectivity index is 0.00000121. The number of aromatic nitrogens is 3. The fourth-order valence-corrected chi connectivity index (χ4v) is 4.36. The summed E-state index contributed by atoms with van der Waals surface area (Å²) in [6.45, 7) is 3.32. The Labute approximate surface area is 168 Å². The average molecular weight is 398 g/mol. The van der Waals surface area contributed by atoms with Crippen LogP contribution in [-0.4, -0.2) is 33.9 Å². The van der Waals surface area contributed by atoms with Crippen LogP contribution >= 0.6 is 24.8 Å². The fourth-order valence-electron chi connectivity index (χ4n) is 4.36. The van der Waals surface area contributed by atoms with Gasteiger partial charge in [-0.1, -0.05) is 18.2 Å². The molecule has 2 aliphatic rings. The Kier molecular flexibility index (Phi) is 7.89. The molecule has 2 N–H and O–H groups in total. The van der Waals surface area contributed by atoms with Gasteiger partial charge in [0.05, 0.1) is 5.69 Å². The van der Waals surface area contributed by atoms with Gasteiger partial charge in [-0.3, -0.25) is 0 Å². The van der Waals surface area contributed by atoms with Crippen molar-refractivity contribution in [1.29, 1.82) is 0 Å². The van der Waals surface area contributed by atoms with E-state index in [4.69, 9.17) is 0 Å². The largest absolute Gasteiger partial charge is 0.317 e. The number of benzene rings is 1. The number of halogens is 2. The summed E-state index contributed by atoms with van der Waals surface area (Å²) in [5.74, 6) is 0. The highest BCUT2D eigenvalue weighted by Crippen LogP contribution is 2.43. The molecule has 2 aromatic rings. The number of nitrogens with one attached hydrogen (secondary N) is 2. The number of piperidine rings is 1. The van der Waals surface area contributed by atoms with Crippen molar-refractivity contribution in [1.82, 2.24) is 25.4 Å². The minimum Gasteiger partial charge on any atom is -0.317 e. The van der Waals surface area contributed by atoms with E-state index in [1.807, 2.05) is 4.68 Å². The van der Waals surface area contributed by atoms with E-state index in [2.05, 4.69) is 45.0 Å². The lowest BCUT2D eigenvalue weighted by Gasteiger charge is -2.43. The van der Waals surface area contributed by atoms with Crippen molar-refractivity contribution in [3.8, 4) is 5.69 Å². The molecule has 144 valence electrons. The molecule has 26 heavy (non-hydrogen) atoms. The second kappa shape index (κ2) is 9.70. The summed E-state index contributed by atoms with van der Waals surface area (Å²) >= 11 is 0. The molecule has 0 atom stereocenters. The van der Waals surface area contributed by atoms with Gasteiger partial charge in [0, 0.05) is 12.6 Å². The second-order valence-corrected chi connectivity index (χ2v) is 7.37. The normalized spacial score (nSPS) is 19.5. The van der Waals surface area contributed by atoms with Gasteiger partial charge in [-0.2, -0.15) is 5.10 Å². The van der Waals surface area contributed by atoms with Crippen LogP contribution in [0.3, 0.4) is 0 Å². The molecular formula is C19H29Cl2N5. The zero-order valence-electron chi connectivity index (χ0n) is 15.1. The van der Waals surface area contributed by atoms with Gasteiger partial charge in [0.1, 0.15) is 12.7 Å². The van der Waals surface area contributed by atoms with Gasteiger partial charge in [-0.25, -0.2) is 9.67 Å². The van der Waals surface area contributed by atoms with Crippen LogP contribution < -0.4 is 10.6 Å². The Morgan fingerprint density at radius 1 is 1.08 bits per heavy atom. The van der Waals surface area contributed by atoms with Crippen molar-refractivity contribution < 1.29 is 0 Å². The van der Waals surface area contributed by atoms with Crippen LogP contribution in [-0.2, 0) is 6.54 Å². The lowest BCUT2D eigenvalue weighted by molar-refractivity contribution is 0.115. The van der Waals surface area contributed by atoms with Gasteiger partial charge in [0.15, 0.2) is 0 Å². The molecule has 1 aliphatic carbocycles. The summed E-state index contributed by atoms with van der Waals surface area (Å²) in [6.07, 6.45) is 11.5. The molecule has 1 aromatic carbocycles. The maximum Gasteiger partial charge on any atom is 0.138 e. The van der Waals surface area contributed by atoms with Crippen LogP contribution in [0.15, 0.2) is 36.9 Å². The fraction of sp³-hybridized carbons (Fsp3) is 0.579. The summed E-state index contributed by atoms with van der Waals surface area (Å²) in [4.78, 5) is 4.06. The SMILES string of the molecule is Cl.Cl.c1ccc(-n2cncn2)c(CNC2CCC3(CCNCC3)CC2)c1. The second-order valence-electron chi connectivity index (χ2n) is 7.37. The summed E-state index contributed by atoms with van der Waals surface area (Å²) in [5.41, 5.74) is 3.04. The van der Waals surface area contributed by atoms with Gasteiger partial charge >= 0.3 is 0 Å². The smallest absolute Gasteiger partial charge is 0.138 e. The van der Waals surface area contributed by atoms with E-state index >= 15 is 0 Å². The summed E-state index contributed by atoms with van der Waals surface area (Å²) in [7, 11) is 0. The minimum absolute atomic E-state index is 0. The first-order chi connectivity index (χ1) is 11.8. The number of hydrogen-bond donors (Lipinski definition) is 2. The predicted molar refractivity (Wildman–Crippen MR) is 109 cm³/mol. The molecule has 2 fully saturated rings. The first kappa shape index (κ1) is 21.2. The van der Waals surface area contributed by atoms with Crippen LogP contribution in [0.4, 0.5) is 0 Å². The van der Waals surface area contributed by atoms with Crippen molar-refractivity contribution >= 4 is 24.8 Å².